The zero-order chi connectivity index (χ0) is 19.5. The van der Waals surface area contributed by atoms with Crippen LogP contribution in [0.1, 0.15) is 12.0 Å². The van der Waals surface area contributed by atoms with Crippen molar-refractivity contribution in [2.45, 2.75) is 13.0 Å². The highest BCUT2D eigenvalue weighted by Gasteiger charge is 2.06. The van der Waals surface area contributed by atoms with Gasteiger partial charge in [-0.15, -0.1) is 24.0 Å². The minimum atomic E-state index is -0.271. The predicted molar refractivity (Wildman–Crippen MR) is 120 cm³/mol. The molecule has 0 radical (unpaired) electrons. The van der Waals surface area contributed by atoms with Crippen molar-refractivity contribution in [1.82, 2.24) is 10.6 Å². The first kappa shape index (κ1) is 23.8. The molecule has 0 bridgehead atoms. The Morgan fingerprint density at radius 2 is 1.71 bits per heavy atom. The number of halogens is 2. The van der Waals surface area contributed by atoms with Gasteiger partial charge in [-0.05, 0) is 42.8 Å². The maximum atomic E-state index is 12.8. The SMILES string of the molecule is CN=C(NCCCOc1ccc(F)cc1)NCc1ccc(OC)cc1OC.I. The number of benzene rings is 2. The van der Waals surface area contributed by atoms with E-state index in [2.05, 4.69) is 15.6 Å². The van der Waals surface area contributed by atoms with Crippen LogP contribution in [0.15, 0.2) is 47.5 Å². The van der Waals surface area contributed by atoms with Crippen LogP contribution in [-0.2, 0) is 6.54 Å². The van der Waals surface area contributed by atoms with E-state index in [9.17, 15) is 4.39 Å². The van der Waals surface area contributed by atoms with Gasteiger partial charge in [0.15, 0.2) is 5.96 Å². The fourth-order valence-electron chi connectivity index (χ4n) is 2.40. The van der Waals surface area contributed by atoms with Gasteiger partial charge in [0, 0.05) is 31.8 Å². The van der Waals surface area contributed by atoms with Crippen molar-refractivity contribution in [2.75, 3.05) is 34.4 Å². The topological polar surface area (TPSA) is 64.1 Å². The number of aliphatic imine (C=N–C) groups is 1. The van der Waals surface area contributed by atoms with Gasteiger partial charge in [0.2, 0.25) is 0 Å². The number of ether oxygens (including phenoxy) is 3. The van der Waals surface area contributed by atoms with Gasteiger partial charge in [-0.2, -0.15) is 0 Å². The second kappa shape index (κ2) is 13.0. The predicted octanol–water partition coefficient (Wildman–Crippen LogP) is 3.60. The third-order valence-electron chi connectivity index (χ3n) is 3.86. The van der Waals surface area contributed by atoms with Crippen LogP contribution in [0.25, 0.3) is 0 Å². The standard InChI is InChI=1S/C20H26FN3O3.HI/c1-22-20(23-11-4-12-27-17-9-6-16(21)7-10-17)24-14-15-5-8-18(25-2)13-19(15)26-3;/h5-10,13H,4,11-12,14H2,1-3H3,(H2,22,23,24);1H. The van der Waals surface area contributed by atoms with Crippen molar-refractivity contribution in [1.29, 1.82) is 0 Å². The number of methoxy groups -OCH3 is 2. The Kier molecular flexibility index (Phi) is 11.1. The second-order valence-electron chi connectivity index (χ2n) is 5.69. The van der Waals surface area contributed by atoms with Gasteiger partial charge in [0.25, 0.3) is 0 Å². The minimum absolute atomic E-state index is 0. The summed E-state index contributed by atoms with van der Waals surface area (Å²) in [5.41, 5.74) is 1.00. The van der Waals surface area contributed by atoms with Crippen molar-refractivity contribution in [2.24, 2.45) is 4.99 Å². The average molecular weight is 503 g/mol. The van der Waals surface area contributed by atoms with Gasteiger partial charge in [-0.3, -0.25) is 4.99 Å². The number of nitrogens with one attached hydrogen (secondary N) is 2. The molecule has 154 valence electrons. The fourth-order valence-corrected chi connectivity index (χ4v) is 2.40. The monoisotopic (exact) mass is 503 g/mol. The minimum Gasteiger partial charge on any atom is -0.497 e. The lowest BCUT2D eigenvalue weighted by Crippen LogP contribution is -2.37. The van der Waals surface area contributed by atoms with Crippen molar-refractivity contribution >= 4 is 29.9 Å². The number of guanidine groups is 1. The molecule has 8 heteroatoms. The Labute approximate surface area is 182 Å². The number of hydrogen-bond acceptors (Lipinski definition) is 4. The van der Waals surface area contributed by atoms with E-state index >= 15 is 0 Å². The van der Waals surface area contributed by atoms with Crippen LogP contribution in [0, 0.1) is 5.82 Å². The van der Waals surface area contributed by atoms with Crippen LogP contribution >= 0.6 is 24.0 Å². The summed E-state index contributed by atoms with van der Waals surface area (Å²) >= 11 is 0. The number of hydrogen-bond donors (Lipinski definition) is 2. The third kappa shape index (κ3) is 7.79. The van der Waals surface area contributed by atoms with Crippen LogP contribution in [-0.4, -0.2) is 40.4 Å². The summed E-state index contributed by atoms with van der Waals surface area (Å²) in [4.78, 5) is 4.20. The Hall–Kier alpha value is -2.23. The van der Waals surface area contributed by atoms with Gasteiger partial charge >= 0.3 is 0 Å². The third-order valence-corrected chi connectivity index (χ3v) is 3.86. The molecule has 0 fully saturated rings. The Morgan fingerprint density at radius 1 is 1.00 bits per heavy atom. The highest BCUT2D eigenvalue weighted by atomic mass is 127. The van der Waals surface area contributed by atoms with Gasteiger partial charge in [0.05, 0.1) is 20.8 Å². The molecule has 0 aromatic heterocycles. The summed E-state index contributed by atoms with van der Waals surface area (Å²) in [6.45, 7) is 1.79. The second-order valence-corrected chi connectivity index (χ2v) is 5.69. The van der Waals surface area contributed by atoms with E-state index in [1.165, 1.54) is 12.1 Å². The molecule has 0 aliphatic heterocycles. The summed E-state index contributed by atoms with van der Waals surface area (Å²) in [7, 11) is 4.97. The molecule has 2 aromatic carbocycles. The lowest BCUT2D eigenvalue weighted by molar-refractivity contribution is 0.310. The molecule has 0 amide bonds. The molecule has 0 aliphatic carbocycles. The van der Waals surface area contributed by atoms with Gasteiger partial charge < -0.3 is 24.8 Å². The Morgan fingerprint density at radius 3 is 2.36 bits per heavy atom. The molecule has 0 heterocycles. The molecule has 2 aromatic rings. The first-order valence-corrected chi connectivity index (χ1v) is 8.70. The maximum absolute atomic E-state index is 12.8. The van der Waals surface area contributed by atoms with E-state index < -0.39 is 0 Å². The van der Waals surface area contributed by atoms with Crippen molar-refractivity contribution in [3.63, 3.8) is 0 Å². The van der Waals surface area contributed by atoms with Gasteiger partial charge in [-0.25, -0.2) is 4.39 Å². The molecule has 28 heavy (non-hydrogen) atoms. The molecule has 0 atom stereocenters. The first-order valence-electron chi connectivity index (χ1n) is 8.70. The van der Waals surface area contributed by atoms with Crippen LogP contribution < -0.4 is 24.8 Å². The number of nitrogens with zero attached hydrogens (tertiary/aromatic N) is 1. The lowest BCUT2D eigenvalue weighted by Gasteiger charge is -2.14. The highest BCUT2D eigenvalue weighted by Crippen LogP contribution is 2.24. The quantitative estimate of drug-likeness (QED) is 0.237. The summed E-state index contributed by atoms with van der Waals surface area (Å²) in [5, 5.41) is 6.48. The molecule has 6 nitrogen and oxygen atoms in total. The molecule has 2 N–H and O–H groups in total. The maximum Gasteiger partial charge on any atom is 0.191 e. The summed E-state index contributed by atoms with van der Waals surface area (Å²) < 4.78 is 29.0. The molecular weight excluding hydrogens is 476 g/mol. The molecular formula is C20H27FIN3O3. The molecule has 0 saturated carbocycles. The van der Waals surface area contributed by atoms with Crippen LogP contribution in [0.4, 0.5) is 4.39 Å². The van der Waals surface area contributed by atoms with Crippen LogP contribution in [0.2, 0.25) is 0 Å². The van der Waals surface area contributed by atoms with E-state index in [1.54, 1.807) is 33.4 Å². The zero-order valence-electron chi connectivity index (χ0n) is 16.3. The van der Waals surface area contributed by atoms with Crippen molar-refractivity contribution in [3.05, 3.63) is 53.8 Å². The number of rotatable bonds is 9. The molecule has 0 unspecified atom stereocenters. The van der Waals surface area contributed by atoms with E-state index in [-0.39, 0.29) is 29.8 Å². The largest absolute Gasteiger partial charge is 0.497 e. The van der Waals surface area contributed by atoms with Crippen molar-refractivity contribution in [3.8, 4) is 17.2 Å². The fraction of sp³-hybridized carbons (Fsp3) is 0.350. The van der Waals surface area contributed by atoms with Crippen LogP contribution in [0.5, 0.6) is 17.2 Å². The zero-order valence-corrected chi connectivity index (χ0v) is 18.7. The summed E-state index contributed by atoms with van der Waals surface area (Å²) in [6, 6.07) is 11.7. The Balaban J connectivity index is 0.00000392. The lowest BCUT2D eigenvalue weighted by atomic mass is 10.2. The molecule has 0 aliphatic rings. The van der Waals surface area contributed by atoms with Crippen molar-refractivity contribution < 1.29 is 18.6 Å². The van der Waals surface area contributed by atoms with Crippen LogP contribution in [0.3, 0.4) is 0 Å². The average Bonchev–Trinajstić information content (AvgIpc) is 2.71. The molecule has 0 spiro atoms. The molecule has 2 rings (SSSR count). The van der Waals surface area contributed by atoms with E-state index in [4.69, 9.17) is 14.2 Å². The van der Waals surface area contributed by atoms with E-state index in [1.807, 2.05) is 18.2 Å². The normalized spacial score (nSPS) is 10.6. The smallest absolute Gasteiger partial charge is 0.191 e. The van der Waals surface area contributed by atoms with Gasteiger partial charge in [0.1, 0.15) is 23.1 Å². The van der Waals surface area contributed by atoms with E-state index in [0.29, 0.717) is 31.4 Å². The van der Waals surface area contributed by atoms with E-state index in [0.717, 1.165) is 23.5 Å². The first-order chi connectivity index (χ1) is 13.2. The summed E-state index contributed by atoms with van der Waals surface area (Å²) in [6.07, 6.45) is 0.782. The summed E-state index contributed by atoms with van der Waals surface area (Å²) in [5.74, 6) is 2.58. The Bertz CT molecular complexity index is 742. The van der Waals surface area contributed by atoms with Gasteiger partial charge in [-0.1, -0.05) is 0 Å². The highest BCUT2D eigenvalue weighted by molar-refractivity contribution is 14.0. The molecule has 0 saturated heterocycles.